The highest BCUT2D eigenvalue weighted by molar-refractivity contribution is 6.00. The van der Waals surface area contributed by atoms with E-state index in [1.54, 1.807) is 25.2 Å². The van der Waals surface area contributed by atoms with Crippen LogP contribution in [-0.4, -0.2) is 75.3 Å². The van der Waals surface area contributed by atoms with Crippen LogP contribution in [-0.2, 0) is 23.1 Å². The Morgan fingerprint density at radius 1 is 1.07 bits per heavy atom. The number of hydrogen-bond donors (Lipinski definition) is 2. The summed E-state index contributed by atoms with van der Waals surface area (Å²) in [5, 5.41) is 4.21. The van der Waals surface area contributed by atoms with Gasteiger partial charge in [-0.25, -0.2) is 9.97 Å². The van der Waals surface area contributed by atoms with E-state index in [-0.39, 0.29) is 30.0 Å². The Morgan fingerprint density at radius 2 is 1.85 bits per heavy atom. The first kappa shape index (κ1) is 32.0. The van der Waals surface area contributed by atoms with Crippen molar-refractivity contribution in [3.05, 3.63) is 41.6 Å². The molecule has 3 N–H and O–H groups in total. The molecule has 246 valence electrons. The van der Waals surface area contributed by atoms with E-state index in [0.29, 0.717) is 36.3 Å². The Kier molecular flexibility index (Phi) is 8.82. The molecule has 1 fully saturated rings. The average molecular weight is 630 g/mol. The first-order valence-corrected chi connectivity index (χ1v) is 16.5. The number of rotatable bonds is 4. The van der Waals surface area contributed by atoms with Crippen molar-refractivity contribution < 1.29 is 19.1 Å². The molecule has 6 rings (SSSR count). The first-order chi connectivity index (χ1) is 22.0. The van der Waals surface area contributed by atoms with Gasteiger partial charge in [-0.3, -0.25) is 9.59 Å². The van der Waals surface area contributed by atoms with Gasteiger partial charge < -0.3 is 34.6 Å². The molecule has 2 aliphatic rings. The number of nitrogens with one attached hydrogen (secondary N) is 1. The SMILES string of the molecule is COc1cc(C(=O)N2CC[C@@H](OC)[C@@H](N)C2)cc2nc(-c3cc4ccc5nc4n3CCCCCCC(C)(C)C(=O)N[C@@H]5C)n(C)c12. The van der Waals surface area contributed by atoms with Gasteiger partial charge in [0.05, 0.1) is 36.2 Å². The Labute approximate surface area is 270 Å². The Morgan fingerprint density at radius 3 is 2.59 bits per heavy atom. The van der Waals surface area contributed by atoms with Crippen LogP contribution >= 0.6 is 0 Å². The molecule has 0 saturated carbocycles. The summed E-state index contributed by atoms with van der Waals surface area (Å²) >= 11 is 0. The summed E-state index contributed by atoms with van der Waals surface area (Å²) in [6.45, 7) is 7.85. The molecule has 3 aromatic heterocycles. The summed E-state index contributed by atoms with van der Waals surface area (Å²) in [4.78, 5) is 38.8. The van der Waals surface area contributed by atoms with Crippen LogP contribution in [0.25, 0.3) is 33.6 Å². The highest BCUT2D eigenvalue weighted by atomic mass is 16.5. The molecule has 46 heavy (non-hydrogen) atoms. The highest BCUT2D eigenvalue weighted by Gasteiger charge is 2.31. The van der Waals surface area contributed by atoms with Gasteiger partial charge in [0.1, 0.15) is 16.9 Å². The van der Waals surface area contributed by atoms with E-state index in [0.717, 1.165) is 72.4 Å². The van der Waals surface area contributed by atoms with Gasteiger partial charge in [0, 0.05) is 56.2 Å². The second kappa shape index (κ2) is 12.7. The smallest absolute Gasteiger partial charge is 0.254 e. The number of methoxy groups -OCH3 is 2. The van der Waals surface area contributed by atoms with Crippen LogP contribution < -0.4 is 15.8 Å². The summed E-state index contributed by atoms with van der Waals surface area (Å²) in [5.41, 5.74) is 10.5. The second-order valence-corrected chi connectivity index (χ2v) is 13.6. The quantitative estimate of drug-likeness (QED) is 0.327. The van der Waals surface area contributed by atoms with Crippen molar-refractivity contribution in [2.24, 2.45) is 18.2 Å². The van der Waals surface area contributed by atoms with E-state index >= 15 is 0 Å². The van der Waals surface area contributed by atoms with E-state index in [2.05, 4.69) is 22.0 Å². The number of aryl methyl sites for hydroxylation is 2. The molecule has 11 heteroatoms. The second-order valence-electron chi connectivity index (χ2n) is 13.6. The van der Waals surface area contributed by atoms with Gasteiger partial charge in [-0.2, -0.15) is 0 Å². The zero-order valence-electron chi connectivity index (χ0n) is 27.9. The molecule has 1 saturated heterocycles. The van der Waals surface area contributed by atoms with E-state index in [4.69, 9.17) is 25.2 Å². The maximum Gasteiger partial charge on any atom is 0.254 e. The average Bonchev–Trinajstić information content (AvgIpc) is 3.57. The van der Waals surface area contributed by atoms with Gasteiger partial charge >= 0.3 is 0 Å². The fourth-order valence-electron chi connectivity index (χ4n) is 7.00. The number of piperidine rings is 1. The van der Waals surface area contributed by atoms with Crippen LogP contribution in [0, 0.1) is 5.41 Å². The maximum atomic E-state index is 13.7. The number of likely N-dealkylation sites (tertiary alicyclic amines) is 1. The molecule has 0 spiro atoms. The van der Waals surface area contributed by atoms with Crippen molar-refractivity contribution in [2.45, 2.75) is 84.0 Å². The van der Waals surface area contributed by atoms with Crippen LogP contribution in [0.15, 0.2) is 30.3 Å². The molecule has 5 heterocycles. The van der Waals surface area contributed by atoms with Gasteiger partial charge in [0.15, 0.2) is 5.82 Å². The lowest BCUT2D eigenvalue weighted by atomic mass is 9.85. The summed E-state index contributed by atoms with van der Waals surface area (Å²) in [6, 6.07) is 9.40. The van der Waals surface area contributed by atoms with Crippen molar-refractivity contribution in [1.29, 1.82) is 0 Å². The van der Waals surface area contributed by atoms with E-state index in [1.165, 1.54) is 0 Å². The number of carbonyl (C=O) groups excluding carboxylic acids is 2. The molecule has 2 amide bonds. The predicted octanol–water partition coefficient (Wildman–Crippen LogP) is 4.95. The summed E-state index contributed by atoms with van der Waals surface area (Å²) < 4.78 is 15.6. The van der Waals surface area contributed by atoms with Crippen molar-refractivity contribution >= 4 is 33.9 Å². The lowest BCUT2D eigenvalue weighted by Crippen LogP contribution is -2.53. The topological polar surface area (TPSA) is 130 Å². The fourth-order valence-corrected chi connectivity index (χ4v) is 7.00. The van der Waals surface area contributed by atoms with Crippen molar-refractivity contribution in [3.8, 4) is 17.3 Å². The number of aromatic nitrogens is 4. The summed E-state index contributed by atoms with van der Waals surface area (Å²) in [5.74, 6) is 1.32. The molecular weight excluding hydrogens is 582 g/mol. The number of fused-ring (bicyclic) bond motifs is 2. The Bertz CT molecular complexity index is 1770. The van der Waals surface area contributed by atoms with Crippen molar-refractivity contribution in [2.75, 3.05) is 27.3 Å². The molecule has 2 bridgehead atoms. The minimum Gasteiger partial charge on any atom is -0.494 e. The highest BCUT2D eigenvalue weighted by Crippen LogP contribution is 2.35. The third-order valence-electron chi connectivity index (χ3n) is 9.92. The first-order valence-electron chi connectivity index (χ1n) is 16.5. The number of nitrogens with zero attached hydrogens (tertiary/aromatic N) is 5. The van der Waals surface area contributed by atoms with Crippen LogP contribution in [0.3, 0.4) is 0 Å². The molecular formula is C35H47N7O4. The third kappa shape index (κ3) is 5.86. The van der Waals surface area contributed by atoms with Crippen LogP contribution in [0.4, 0.5) is 0 Å². The van der Waals surface area contributed by atoms with Gasteiger partial charge in [0.2, 0.25) is 5.91 Å². The fraction of sp³-hybridized carbons (Fsp3) is 0.543. The summed E-state index contributed by atoms with van der Waals surface area (Å²) in [7, 11) is 5.26. The standard InChI is InChI=1S/C35H47N7O4/c1-21-25-12-11-22-18-27(42(31(22)38-25)15-10-8-7-9-14-35(2,3)34(44)37-21)32-39-26-17-23(19-29(46-6)30(26)40(32)4)33(43)41-16-13-28(45-5)24(36)20-41/h11-12,17-19,21,24,28H,7-10,13-16,20,36H2,1-6H3,(H,37,44)/t21-,24+,28-/m1/s1. The Hall–Kier alpha value is -3.96. The van der Waals surface area contributed by atoms with Crippen LogP contribution in [0.1, 0.15) is 81.4 Å². The number of imidazole rings is 1. The molecule has 0 radical (unpaired) electrons. The normalized spacial score (nSPS) is 22.6. The molecule has 0 aliphatic carbocycles. The number of hydrogen-bond acceptors (Lipinski definition) is 7. The minimum absolute atomic E-state index is 0.0531. The van der Waals surface area contributed by atoms with Crippen molar-refractivity contribution in [3.63, 3.8) is 0 Å². The van der Waals surface area contributed by atoms with E-state index in [9.17, 15) is 9.59 Å². The van der Waals surface area contributed by atoms with Gasteiger partial charge in [-0.15, -0.1) is 0 Å². The molecule has 1 aromatic carbocycles. The van der Waals surface area contributed by atoms with Crippen LogP contribution in [0.5, 0.6) is 5.75 Å². The third-order valence-corrected chi connectivity index (χ3v) is 9.92. The minimum atomic E-state index is -0.421. The molecule has 4 aromatic rings. The number of amides is 2. The zero-order valence-corrected chi connectivity index (χ0v) is 27.9. The zero-order chi connectivity index (χ0) is 32.7. The number of benzene rings is 1. The summed E-state index contributed by atoms with van der Waals surface area (Å²) in [6.07, 6.45) is 5.60. The van der Waals surface area contributed by atoms with Gasteiger partial charge in [-0.1, -0.05) is 33.1 Å². The molecule has 3 atom stereocenters. The number of carbonyl (C=O) groups is 2. The van der Waals surface area contributed by atoms with E-state index < -0.39 is 5.41 Å². The van der Waals surface area contributed by atoms with Gasteiger partial charge in [0.25, 0.3) is 5.91 Å². The van der Waals surface area contributed by atoms with Crippen LogP contribution in [0.2, 0.25) is 0 Å². The predicted molar refractivity (Wildman–Crippen MR) is 179 cm³/mol. The molecule has 2 aliphatic heterocycles. The Balaban J connectivity index is 1.41. The lowest BCUT2D eigenvalue weighted by Gasteiger charge is -2.36. The van der Waals surface area contributed by atoms with Crippen molar-refractivity contribution in [1.82, 2.24) is 29.3 Å². The largest absolute Gasteiger partial charge is 0.494 e. The number of pyridine rings is 1. The molecule has 11 nitrogen and oxygen atoms in total. The van der Waals surface area contributed by atoms with E-state index in [1.807, 2.05) is 44.5 Å². The lowest BCUT2D eigenvalue weighted by molar-refractivity contribution is -0.130. The maximum absolute atomic E-state index is 13.7. The molecule has 0 unspecified atom stereocenters. The number of ether oxygens (including phenoxy) is 2. The van der Waals surface area contributed by atoms with Gasteiger partial charge in [-0.05, 0) is 56.5 Å². The monoisotopic (exact) mass is 629 g/mol. The number of nitrogens with two attached hydrogens (primary N) is 1.